The predicted octanol–water partition coefficient (Wildman–Crippen LogP) is 2.69. The van der Waals surface area contributed by atoms with Gasteiger partial charge in [0.05, 0.1) is 0 Å². The third kappa shape index (κ3) is 3.93. The maximum atomic E-state index is 10.1. The zero-order valence-electron chi connectivity index (χ0n) is 13.0. The minimum absolute atomic E-state index is 0.208. The summed E-state index contributed by atoms with van der Waals surface area (Å²) in [6.07, 6.45) is 7.29. The van der Waals surface area contributed by atoms with Crippen LogP contribution in [0.2, 0.25) is 0 Å². The van der Waals surface area contributed by atoms with Gasteiger partial charge in [0.2, 0.25) is 0 Å². The number of aliphatic hydroxyl groups excluding tert-OH is 1. The normalized spacial score (nSPS) is 30.2. The Morgan fingerprint density at radius 2 is 1.74 bits per heavy atom. The van der Waals surface area contributed by atoms with Crippen LogP contribution in [0.1, 0.15) is 59.3 Å². The highest BCUT2D eigenvalue weighted by Crippen LogP contribution is 2.32. The number of nitrogens with zero attached hydrogens (tertiary/aromatic N) is 2. The summed E-state index contributed by atoms with van der Waals surface area (Å²) < 4.78 is 0. The van der Waals surface area contributed by atoms with E-state index in [1.807, 2.05) is 0 Å². The summed E-state index contributed by atoms with van der Waals surface area (Å²) >= 11 is 0. The Hall–Kier alpha value is -0.120. The van der Waals surface area contributed by atoms with E-state index in [-0.39, 0.29) is 6.23 Å². The van der Waals surface area contributed by atoms with Crippen molar-refractivity contribution in [3.63, 3.8) is 0 Å². The minimum Gasteiger partial charge on any atom is -0.378 e. The van der Waals surface area contributed by atoms with Gasteiger partial charge in [0.25, 0.3) is 0 Å². The second-order valence-electron chi connectivity index (χ2n) is 6.87. The zero-order chi connectivity index (χ0) is 13.8. The van der Waals surface area contributed by atoms with E-state index in [0.717, 1.165) is 12.3 Å². The average Bonchev–Trinajstić information content (AvgIpc) is 2.65. The summed E-state index contributed by atoms with van der Waals surface area (Å²) in [5.41, 5.74) is 0. The molecule has 0 amide bonds. The van der Waals surface area contributed by atoms with Crippen molar-refractivity contribution in [1.29, 1.82) is 0 Å². The molecule has 19 heavy (non-hydrogen) atoms. The molecule has 2 rings (SSSR count). The van der Waals surface area contributed by atoms with Gasteiger partial charge < -0.3 is 10.0 Å². The van der Waals surface area contributed by atoms with Crippen molar-refractivity contribution >= 4 is 0 Å². The van der Waals surface area contributed by atoms with Crippen LogP contribution in [0, 0.1) is 5.92 Å². The smallest absolute Gasteiger partial charge is 0.107 e. The Bertz CT molecular complexity index is 255. The molecule has 2 bridgehead atoms. The molecule has 0 aromatic rings. The summed E-state index contributed by atoms with van der Waals surface area (Å²) in [5.74, 6) is 0.840. The van der Waals surface area contributed by atoms with E-state index >= 15 is 0 Å². The summed E-state index contributed by atoms with van der Waals surface area (Å²) in [6, 6.07) is 1.22. The first-order valence-corrected chi connectivity index (χ1v) is 8.29. The first kappa shape index (κ1) is 15.3. The molecule has 2 fully saturated rings. The first-order valence-electron chi connectivity index (χ1n) is 8.29. The maximum Gasteiger partial charge on any atom is 0.107 e. The number of likely N-dealkylation sites (tertiary alicyclic amines) is 1. The minimum atomic E-state index is -0.208. The molecule has 0 aromatic carbocycles. The van der Waals surface area contributed by atoms with E-state index < -0.39 is 0 Å². The standard InChI is InChI=1S/C16H32N2O/c1-4-16(19)18-14-8-9-15(18)12-17(11-14)10-6-5-7-13(2)3/h13-16,19H,4-12H2,1-3H3/t14-,15+,16?. The van der Waals surface area contributed by atoms with Gasteiger partial charge in [-0.3, -0.25) is 4.90 Å². The number of hydrogen-bond acceptors (Lipinski definition) is 3. The quantitative estimate of drug-likeness (QED) is 0.719. The fourth-order valence-electron chi connectivity index (χ4n) is 3.79. The molecule has 0 spiro atoms. The summed E-state index contributed by atoms with van der Waals surface area (Å²) in [5, 5.41) is 10.1. The van der Waals surface area contributed by atoms with Crippen LogP contribution in [0.4, 0.5) is 0 Å². The molecule has 2 aliphatic heterocycles. The summed E-state index contributed by atoms with van der Waals surface area (Å²) in [7, 11) is 0. The van der Waals surface area contributed by atoms with E-state index in [4.69, 9.17) is 0 Å². The molecular formula is C16H32N2O. The second kappa shape index (κ2) is 7.05. The Kier molecular flexibility index (Phi) is 5.67. The Labute approximate surface area is 119 Å². The number of unbranched alkanes of at least 4 members (excludes halogenated alkanes) is 1. The van der Waals surface area contributed by atoms with Crippen LogP contribution in [0.25, 0.3) is 0 Å². The van der Waals surface area contributed by atoms with Crippen LogP contribution in [0.5, 0.6) is 0 Å². The molecule has 3 heteroatoms. The monoisotopic (exact) mass is 268 g/mol. The predicted molar refractivity (Wildman–Crippen MR) is 80.1 cm³/mol. The molecule has 2 saturated heterocycles. The van der Waals surface area contributed by atoms with E-state index in [1.165, 1.54) is 51.7 Å². The van der Waals surface area contributed by atoms with Crippen molar-refractivity contribution < 1.29 is 5.11 Å². The van der Waals surface area contributed by atoms with E-state index in [9.17, 15) is 5.11 Å². The third-order valence-corrected chi connectivity index (χ3v) is 4.83. The lowest BCUT2D eigenvalue weighted by molar-refractivity contribution is -0.0669. The molecular weight excluding hydrogens is 236 g/mol. The largest absolute Gasteiger partial charge is 0.378 e. The highest BCUT2D eigenvalue weighted by atomic mass is 16.3. The van der Waals surface area contributed by atoms with Crippen molar-refractivity contribution in [3.05, 3.63) is 0 Å². The molecule has 112 valence electrons. The van der Waals surface area contributed by atoms with Crippen LogP contribution >= 0.6 is 0 Å². The number of aliphatic hydroxyl groups is 1. The molecule has 0 aromatic heterocycles. The lowest BCUT2D eigenvalue weighted by Crippen LogP contribution is -2.57. The molecule has 0 saturated carbocycles. The van der Waals surface area contributed by atoms with Gasteiger partial charge in [0, 0.05) is 25.2 Å². The van der Waals surface area contributed by atoms with Gasteiger partial charge in [-0.05, 0) is 38.1 Å². The van der Waals surface area contributed by atoms with Crippen LogP contribution in [0.15, 0.2) is 0 Å². The fourth-order valence-corrected chi connectivity index (χ4v) is 3.79. The number of fused-ring (bicyclic) bond motifs is 2. The lowest BCUT2D eigenvalue weighted by atomic mass is 10.1. The third-order valence-electron chi connectivity index (χ3n) is 4.83. The van der Waals surface area contributed by atoms with Gasteiger partial charge in [-0.25, -0.2) is 0 Å². The highest BCUT2D eigenvalue weighted by molar-refractivity contribution is 4.96. The van der Waals surface area contributed by atoms with Gasteiger partial charge in [-0.15, -0.1) is 0 Å². The molecule has 2 aliphatic rings. The van der Waals surface area contributed by atoms with Crippen molar-refractivity contribution in [2.75, 3.05) is 19.6 Å². The van der Waals surface area contributed by atoms with Crippen molar-refractivity contribution in [3.8, 4) is 0 Å². The molecule has 3 atom stereocenters. The van der Waals surface area contributed by atoms with E-state index in [2.05, 4.69) is 30.6 Å². The number of hydrogen-bond donors (Lipinski definition) is 1. The molecule has 0 aliphatic carbocycles. The fraction of sp³-hybridized carbons (Fsp3) is 1.00. The van der Waals surface area contributed by atoms with Crippen LogP contribution in [0.3, 0.4) is 0 Å². The Morgan fingerprint density at radius 3 is 2.26 bits per heavy atom. The van der Waals surface area contributed by atoms with E-state index in [0.29, 0.717) is 12.1 Å². The van der Waals surface area contributed by atoms with Crippen LogP contribution < -0.4 is 0 Å². The van der Waals surface area contributed by atoms with Crippen molar-refractivity contribution in [2.24, 2.45) is 5.92 Å². The summed E-state index contributed by atoms with van der Waals surface area (Å²) in [6.45, 7) is 10.3. The zero-order valence-corrected chi connectivity index (χ0v) is 13.0. The number of rotatable bonds is 7. The lowest BCUT2D eigenvalue weighted by Gasteiger charge is -2.43. The second-order valence-corrected chi connectivity index (χ2v) is 6.87. The van der Waals surface area contributed by atoms with Crippen LogP contribution in [-0.2, 0) is 0 Å². The van der Waals surface area contributed by atoms with Crippen LogP contribution in [-0.4, -0.2) is 52.9 Å². The van der Waals surface area contributed by atoms with Gasteiger partial charge in [-0.2, -0.15) is 0 Å². The summed E-state index contributed by atoms with van der Waals surface area (Å²) in [4.78, 5) is 5.03. The highest BCUT2D eigenvalue weighted by Gasteiger charge is 2.41. The molecule has 2 heterocycles. The van der Waals surface area contributed by atoms with Gasteiger partial charge >= 0.3 is 0 Å². The van der Waals surface area contributed by atoms with Gasteiger partial charge in [0.1, 0.15) is 6.23 Å². The van der Waals surface area contributed by atoms with Crippen molar-refractivity contribution in [1.82, 2.24) is 9.80 Å². The first-order chi connectivity index (χ1) is 9.11. The molecule has 1 unspecified atom stereocenters. The molecule has 1 N–H and O–H groups in total. The topological polar surface area (TPSA) is 26.7 Å². The Morgan fingerprint density at radius 1 is 1.11 bits per heavy atom. The van der Waals surface area contributed by atoms with Gasteiger partial charge in [0.15, 0.2) is 0 Å². The van der Waals surface area contributed by atoms with E-state index in [1.54, 1.807) is 0 Å². The average molecular weight is 268 g/mol. The van der Waals surface area contributed by atoms with Crippen molar-refractivity contribution in [2.45, 2.75) is 77.6 Å². The van der Waals surface area contributed by atoms with Gasteiger partial charge in [-0.1, -0.05) is 33.6 Å². The number of piperazine rings is 1. The molecule has 3 nitrogen and oxygen atoms in total. The molecule has 0 radical (unpaired) electrons. The maximum absolute atomic E-state index is 10.1. The Balaban J connectivity index is 1.74. The SMILES string of the molecule is CCC(O)N1[C@@H]2CC[C@H]1CN(CCCCC(C)C)C2.